The third-order valence-corrected chi connectivity index (χ3v) is 4.44. The molecule has 8 heteroatoms. The van der Waals surface area contributed by atoms with Crippen molar-refractivity contribution in [1.82, 2.24) is 5.43 Å². The zero-order valence-electron chi connectivity index (χ0n) is 16.2. The first-order valence-corrected chi connectivity index (χ1v) is 9.76. The van der Waals surface area contributed by atoms with Crippen molar-refractivity contribution in [3.8, 4) is 23.0 Å². The highest BCUT2D eigenvalue weighted by Gasteiger charge is 2.12. The predicted octanol–water partition coefficient (Wildman–Crippen LogP) is 3.87. The summed E-state index contributed by atoms with van der Waals surface area (Å²) >= 11 is 2.16. The smallest absolute Gasteiger partial charge is 0.271 e. The van der Waals surface area contributed by atoms with E-state index in [2.05, 4.69) is 33.1 Å². The van der Waals surface area contributed by atoms with Gasteiger partial charge in [0.1, 0.15) is 0 Å². The summed E-state index contributed by atoms with van der Waals surface area (Å²) in [6, 6.07) is 8.65. The van der Waals surface area contributed by atoms with Gasteiger partial charge in [0, 0.05) is 5.56 Å². The zero-order valence-corrected chi connectivity index (χ0v) is 18.4. The molecule has 0 aromatic heterocycles. The average Bonchev–Trinajstić information content (AvgIpc) is 2.68. The van der Waals surface area contributed by atoms with Gasteiger partial charge in [0.15, 0.2) is 23.0 Å². The SMILES string of the molecule is CCOc1cc(C(=O)N/N=C\c2cc(I)c(OC)c(OCC)c2)ccc1OC. The summed E-state index contributed by atoms with van der Waals surface area (Å²) in [6.45, 7) is 4.75. The third-order valence-electron chi connectivity index (χ3n) is 3.64. The van der Waals surface area contributed by atoms with Crippen LogP contribution in [0.3, 0.4) is 0 Å². The van der Waals surface area contributed by atoms with Gasteiger partial charge in [0.05, 0.1) is 37.2 Å². The number of ether oxygens (including phenoxy) is 4. The monoisotopic (exact) mass is 498 g/mol. The molecule has 1 N–H and O–H groups in total. The molecule has 150 valence electrons. The van der Waals surface area contributed by atoms with E-state index in [0.717, 1.165) is 9.13 Å². The Balaban J connectivity index is 2.14. The Hall–Kier alpha value is -2.49. The average molecular weight is 498 g/mol. The maximum Gasteiger partial charge on any atom is 0.271 e. The molecule has 2 aromatic carbocycles. The molecular weight excluding hydrogens is 475 g/mol. The zero-order chi connectivity index (χ0) is 20.5. The maximum atomic E-state index is 12.4. The van der Waals surface area contributed by atoms with E-state index in [1.807, 2.05) is 19.9 Å². The van der Waals surface area contributed by atoms with Crippen LogP contribution in [0.25, 0.3) is 0 Å². The lowest BCUT2D eigenvalue weighted by Crippen LogP contribution is -2.17. The Morgan fingerprint density at radius 2 is 1.75 bits per heavy atom. The molecule has 0 aliphatic carbocycles. The van der Waals surface area contributed by atoms with Crippen LogP contribution in [0.1, 0.15) is 29.8 Å². The van der Waals surface area contributed by atoms with Crippen LogP contribution in [0.4, 0.5) is 0 Å². The number of carbonyl (C=O) groups excluding carboxylic acids is 1. The highest BCUT2D eigenvalue weighted by Crippen LogP contribution is 2.33. The molecule has 1 amide bonds. The summed E-state index contributed by atoms with van der Waals surface area (Å²) < 4.78 is 22.6. The summed E-state index contributed by atoms with van der Waals surface area (Å²) in [6.07, 6.45) is 1.55. The number of carbonyl (C=O) groups is 1. The Morgan fingerprint density at radius 3 is 2.39 bits per heavy atom. The molecule has 0 fully saturated rings. The van der Waals surface area contributed by atoms with Crippen molar-refractivity contribution >= 4 is 34.7 Å². The highest BCUT2D eigenvalue weighted by molar-refractivity contribution is 14.1. The normalized spacial score (nSPS) is 10.6. The molecule has 0 aliphatic rings. The Kier molecular flexibility index (Phi) is 8.37. The van der Waals surface area contributed by atoms with Crippen LogP contribution in [-0.4, -0.2) is 39.6 Å². The number of amides is 1. The van der Waals surface area contributed by atoms with Gasteiger partial charge in [-0.25, -0.2) is 5.43 Å². The van der Waals surface area contributed by atoms with Crippen LogP contribution < -0.4 is 24.4 Å². The first-order valence-electron chi connectivity index (χ1n) is 8.68. The van der Waals surface area contributed by atoms with Gasteiger partial charge in [-0.15, -0.1) is 0 Å². The fraction of sp³-hybridized carbons (Fsp3) is 0.300. The number of nitrogens with one attached hydrogen (secondary N) is 1. The molecule has 0 unspecified atom stereocenters. The second-order valence-electron chi connectivity index (χ2n) is 5.46. The van der Waals surface area contributed by atoms with E-state index in [0.29, 0.717) is 41.8 Å². The Bertz CT molecular complexity index is 855. The highest BCUT2D eigenvalue weighted by atomic mass is 127. The predicted molar refractivity (Wildman–Crippen MR) is 116 cm³/mol. The number of hydrazone groups is 1. The second-order valence-corrected chi connectivity index (χ2v) is 6.63. The first-order chi connectivity index (χ1) is 13.5. The van der Waals surface area contributed by atoms with Gasteiger partial charge in [-0.1, -0.05) is 0 Å². The molecule has 28 heavy (non-hydrogen) atoms. The van der Waals surface area contributed by atoms with Crippen molar-refractivity contribution in [1.29, 1.82) is 0 Å². The van der Waals surface area contributed by atoms with Crippen molar-refractivity contribution < 1.29 is 23.7 Å². The number of rotatable bonds is 9. The van der Waals surface area contributed by atoms with E-state index in [-0.39, 0.29) is 5.91 Å². The molecule has 0 radical (unpaired) electrons. The lowest BCUT2D eigenvalue weighted by Gasteiger charge is -2.12. The van der Waals surface area contributed by atoms with E-state index in [1.165, 1.54) is 0 Å². The number of halogens is 1. The quantitative estimate of drug-likeness (QED) is 0.323. The molecular formula is C20H23IN2O5. The van der Waals surface area contributed by atoms with Gasteiger partial charge in [-0.2, -0.15) is 5.10 Å². The molecule has 0 saturated heterocycles. The number of hydrogen-bond acceptors (Lipinski definition) is 6. The minimum Gasteiger partial charge on any atom is -0.493 e. The molecule has 2 aromatic rings. The second kappa shape index (κ2) is 10.7. The minimum atomic E-state index is -0.354. The molecule has 0 aliphatic heterocycles. The molecule has 0 atom stereocenters. The summed E-state index contributed by atoms with van der Waals surface area (Å²) in [4.78, 5) is 12.4. The van der Waals surface area contributed by atoms with Gasteiger partial charge in [0.25, 0.3) is 5.91 Å². The fourth-order valence-electron chi connectivity index (χ4n) is 2.44. The summed E-state index contributed by atoms with van der Waals surface area (Å²) in [5, 5.41) is 4.04. The summed E-state index contributed by atoms with van der Waals surface area (Å²) in [5.41, 5.74) is 3.71. The van der Waals surface area contributed by atoms with Crippen LogP contribution in [0.5, 0.6) is 23.0 Å². The molecule has 0 spiro atoms. The van der Waals surface area contributed by atoms with Crippen LogP contribution in [0.2, 0.25) is 0 Å². The molecule has 7 nitrogen and oxygen atoms in total. The molecule has 0 heterocycles. The van der Waals surface area contributed by atoms with Crippen molar-refractivity contribution in [2.24, 2.45) is 5.10 Å². The number of nitrogens with zero attached hydrogens (tertiary/aromatic N) is 1. The lowest BCUT2D eigenvalue weighted by molar-refractivity contribution is 0.0954. The van der Waals surface area contributed by atoms with Crippen molar-refractivity contribution in [2.75, 3.05) is 27.4 Å². The van der Waals surface area contributed by atoms with E-state index in [9.17, 15) is 4.79 Å². The Labute approximate surface area is 178 Å². The van der Waals surface area contributed by atoms with Crippen molar-refractivity contribution in [3.05, 3.63) is 45.0 Å². The van der Waals surface area contributed by atoms with E-state index >= 15 is 0 Å². The molecule has 2 rings (SSSR count). The molecule has 0 saturated carbocycles. The van der Waals surface area contributed by atoms with E-state index in [1.54, 1.807) is 44.7 Å². The van der Waals surface area contributed by atoms with Crippen molar-refractivity contribution in [3.63, 3.8) is 0 Å². The lowest BCUT2D eigenvalue weighted by atomic mass is 10.2. The van der Waals surface area contributed by atoms with Crippen LogP contribution >= 0.6 is 22.6 Å². The summed E-state index contributed by atoms with van der Waals surface area (Å²) in [5.74, 6) is 2.02. The fourth-order valence-corrected chi connectivity index (χ4v) is 3.29. The number of hydrogen-bond donors (Lipinski definition) is 1. The van der Waals surface area contributed by atoms with Crippen molar-refractivity contribution in [2.45, 2.75) is 13.8 Å². The van der Waals surface area contributed by atoms with Gasteiger partial charge in [0.2, 0.25) is 0 Å². The van der Waals surface area contributed by atoms with E-state index < -0.39 is 0 Å². The van der Waals surface area contributed by atoms with Gasteiger partial charge >= 0.3 is 0 Å². The first kappa shape index (κ1) is 21.8. The minimum absolute atomic E-state index is 0.354. The summed E-state index contributed by atoms with van der Waals surface area (Å²) in [7, 11) is 3.15. The van der Waals surface area contributed by atoms with Gasteiger partial charge < -0.3 is 18.9 Å². The number of methoxy groups -OCH3 is 2. The van der Waals surface area contributed by atoms with Crippen LogP contribution in [0, 0.1) is 3.57 Å². The third kappa shape index (κ3) is 5.51. The Morgan fingerprint density at radius 1 is 1.04 bits per heavy atom. The molecule has 0 bridgehead atoms. The van der Waals surface area contributed by atoms with Gasteiger partial charge in [-0.3, -0.25) is 4.79 Å². The topological polar surface area (TPSA) is 78.4 Å². The van der Waals surface area contributed by atoms with Gasteiger partial charge in [-0.05, 0) is 72.3 Å². The number of benzene rings is 2. The van der Waals surface area contributed by atoms with Crippen LogP contribution in [0.15, 0.2) is 35.4 Å². The van der Waals surface area contributed by atoms with E-state index in [4.69, 9.17) is 18.9 Å². The largest absolute Gasteiger partial charge is 0.493 e. The maximum absolute atomic E-state index is 12.4. The standard InChI is InChI=1S/C20H23IN2O5/c1-5-27-17-11-14(7-8-16(17)25-3)20(24)23-22-12-13-9-15(21)19(26-4)18(10-13)28-6-2/h7-12H,5-6H2,1-4H3,(H,23,24)/b22-12-. The van der Waals surface area contributed by atoms with Crippen LogP contribution in [-0.2, 0) is 0 Å².